The standard InChI is InChI=1S/C16H25NO/c1-5-11-17-14(4)13(3)12-15-7-9-16(10-8-15)18-6-2/h7-10,12,14,17H,5-6,11H2,1-4H3/b13-12+. The molecular formula is C16H25NO. The molecule has 0 heterocycles. The summed E-state index contributed by atoms with van der Waals surface area (Å²) < 4.78 is 5.43. The van der Waals surface area contributed by atoms with Crippen molar-refractivity contribution in [3.8, 4) is 5.75 Å². The molecule has 1 unspecified atom stereocenters. The molecule has 0 amide bonds. The minimum Gasteiger partial charge on any atom is -0.494 e. The van der Waals surface area contributed by atoms with Crippen LogP contribution < -0.4 is 10.1 Å². The molecule has 0 radical (unpaired) electrons. The van der Waals surface area contributed by atoms with Gasteiger partial charge in [0.2, 0.25) is 0 Å². The molecule has 1 N–H and O–H groups in total. The smallest absolute Gasteiger partial charge is 0.119 e. The highest BCUT2D eigenvalue weighted by Crippen LogP contribution is 2.15. The molecular weight excluding hydrogens is 222 g/mol. The Labute approximate surface area is 111 Å². The summed E-state index contributed by atoms with van der Waals surface area (Å²) in [6, 6.07) is 8.67. The Kier molecular flexibility index (Phi) is 6.51. The maximum Gasteiger partial charge on any atom is 0.119 e. The molecule has 100 valence electrons. The van der Waals surface area contributed by atoms with Gasteiger partial charge in [0.05, 0.1) is 6.61 Å². The van der Waals surface area contributed by atoms with E-state index in [1.807, 2.05) is 19.1 Å². The van der Waals surface area contributed by atoms with Gasteiger partial charge in [-0.15, -0.1) is 0 Å². The van der Waals surface area contributed by atoms with E-state index in [4.69, 9.17) is 4.74 Å². The molecule has 0 aliphatic rings. The maximum atomic E-state index is 5.43. The molecule has 0 saturated heterocycles. The van der Waals surface area contributed by atoms with Crippen LogP contribution in [-0.2, 0) is 0 Å². The van der Waals surface area contributed by atoms with Crippen LogP contribution in [-0.4, -0.2) is 19.2 Å². The van der Waals surface area contributed by atoms with Crippen molar-refractivity contribution in [2.45, 2.75) is 40.2 Å². The predicted molar refractivity (Wildman–Crippen MR) is 79.0 cm³/mol. The second-order valence-corrected chi connectivity index (χ2v) is 4.57. The van der Waals surface area contributed by atoms with Crippen molar-refractivity contribution < 1.29 is 4.74 Å². The van der Waals surface area contributed by atoms with E-state index >= 15 is 0 Å². The topological polar surface area (TPSA) is 21.3 Å². The van der Waals surface area contributed by atoms with Crippen LogP contribution >= 0.6 is 0 Å². The van der Waals surface area contributed by atoms with Crippen molar-refractivity contribution >= 4 is 6.08 Å². The van der Waals surface area contributed by atoms with Crippen LogP contribution in [0.15, 0.2) is 29.8 Å². The van der Waals surface area contributed by atoms with E-state index in [1.54, 1.807) is 0 Å². The molecule has 0 saturated carbocycles. The van der Waals surface area contributed by atoms with Gasteiger partial charge in [0.15, 0.2) is 0 Å². The lowest BCUT2D eigenvalue weighted by Gasteiger charge is -2.14. The fraction of sp³-hybridized carbons (Fsp3) is 0.500. The fourth-order valence-corrected chi connectivity index (χ4v) is 1.74. The van der Waals surface area contributed by atoms with Crippen molar-refractivity contribution in [2.24, 2.45) is 0 Å². The lowest BCUT2D eigenvalue weighted by Crippen LogP contribution is -2.27. The third-order valence-corrected chi connectivity index (χ3v) is 2.97. The number of rotatable bonds is 7. The normalized spacial score (nSPS) is 13.4. The molecule has 0 aromatic heterocycles. The second-order valence-electron chi connectivity index (χ2n) is 4.57. The summed E-state index contributed by atoms with van der Waals surface area (Å²) in [4.78, 5) is 0. The van der Waals surface area contributed by atoms with Gasteiger partial charge in [-0.3, -0.25) is 0 Å². The van der Waals surface area contributed by atoms with E-state index in [2.05, 4.69) is 44.3 Å². The first-order valence-corrected chi connectivity index (χ1v) is 6.81. The highest BCUT2D eigenvalue weighted by atomic mass is 16.5. The zero-order chi connectivity index (χ0) is 13.4. The first-order chi connectivity index (χ1) is 8.67. The van der Waals surface area contributed by atoms with E-state index in [0.717, 1.165) is 12.3 Å². The molecule has 1 aromatic rings. The first kappa shape index (κ1) is 14.8. The van der Waals surface area contributed by atoms with Crippen LogP contribution in [0.2, 0.25) is 0 Å². The SMILES string of the molecule is CCCNC(C)/C(C)=C/c1ccc(OCC)cc1. The van der Waals surface area contributed by atoms with Gasteiger partial charge < -0.3 is 10.1 Å². The number of hydrogen-bond acceptors (Lipinski definition) is 2. The second kappa shape index (κ2) is 7.93. The van der Waals surface area contributed by atoms with Crippen molar-refractivity contribution in [3.63, 3.8) is 0 Å². The van der Waals surface area contributed by atoms with Crippen molar-refractivity contribution in [2.75, 3.05) is 13.2 Å². The van der Waals surface area contributed by atoms with Crippen molar-refractivity contribution in [1.29, 1.82) is 0 Å². The summed E-state index contributed by atoms with van der Waals surface area (Å²) in [6.45, 7) is 10.3. The molecule has 2 nitrogen and oxygen atoms in total. The summed E-state index contributed by atoms with van der Waals surface area (Å²) in [5.41, 5.74) is 2.58. The summed E-state index contributed by atoms with van der Waals surface area (Å²) in [5.74, 6) is 0.935. The van der Waals surface area contributed by atoms with Gasteiger partial charge in [0, 0.05) is 6.04 Å². The number of benzene rings is 1. The molecule has 0 fully saturated rings. The van der Waals surface area contributed by atoms with Crippen molar-refractivity contribution in [1.82, 2.24) is 5.32 Å². The van der Waals surface area contributed by atoms with Crippen LogP contribution in [0.3, 0.4) is 0 Å². The largest absolute Gasteiger partial charge is 0.494 e. The fourth-order valence-electron chi connectivity index (χ4n) is 1.74. The van der Waals surface area contributed by atoms with Gasteiger partial charge in [0.1, 0.15) is 5.75 Å². The molecule has 1 aromatic carbocycles. The van der Waals surface area contributed by atoms with Crippen LogP contribution in [0, 0.1) is 0 Å². The lowest BCUT2D eigenvalue weighted by molar-refractivity contribution is 0.340. The molecule has 1 atom stereocenters. The van der Waals surface area contributed by atoms with Gasteiger partial charge in [0.25, 0.3) is 0 Å². The Morgan fingerprint density at radius 2 is 1.94 bits per heavy atom. The van der Waals surface area contributed by atoms with Gasteiger partial charge in [-0.2, -0.15) is 0 Å². The Bertz CT molecular complexity index is 367. The van der Waals surface area contributed by atoms with Crippen LogP contribution in [0.4, 0.5) is 0 Å². The average molecular weight is 247 g/mol. The minimum absolute atomic E-state index is 0.427. The third kappa shape index (κ3) is 4.92. The average Bonchev–Trinajstić information content (AvgIpc) is 2.38. The zero-order valence-corrected chi connectivity index (χ0v) is 12.0. The summed E-state index contributed by atoms with van der Waals surface area (Å²) >= 11 is 0. The summed E-state index contributed by atoms with van der Waals surface area (Å²) in [6.07, 6.45) is 3.39. The number of nitrogens with one attached hydrogen (secondary N) is 1. The Morgan fingerprint density at radius 1 is 1.28 bits per heavy atom. The Morgan fingerprint density at radius 3 is 2.50 bits per heavy atom. The van der Waals surface area contributed by atoms with E-state index in [1.165, 1.54) is 17.6 Å². The molecule has 0 aliphatic heterocycles. The van der Waals surface area contributed by atoms with E-state index in [0.29, 0.717) is 12.6 Å². The van der Waals surface area contributed by atoms with Gasteiger partial charge in [-0.1, -0.05) is 30.7 Å². The highest BCUT2D eigenvalue weighted by molar-refractivity contribution is 5.54. The van der Waals surface area contributed by atoms with E-state index in [-0.39, 0.29) is 0 Å². The molecule has 0 spiro atoms. The monoisotopic (exact) mass is 247 g/mol. The summed E-state index contributed by atoms with van der Waals surface area (Å²) in [7, 11) is 0. The van der Waals surface area contributed by atoms with Crippen LogP contribution in [0.25, 0.3) is 6.08 Å². The van der Waals surface area contributed by atoms with Crippen LogP contribution in [0.1, 0.15) is 39.7 Å². The number of ether oxygens (including phenoxy) is 1. The highest BCUT2D eigenvalue weighted by Gasteiger charge is 2.02. The molecule has 1 rings (SSSR count). The molecule has 2 heteroatoms. The third-order valence-electron chi connectivity index (χ3n) is 2.97. The first-order valence-electron chi connectivity index (χ1n) is 6.81. The molecule has 0 aliphatic carbocycles. The molecule has 18 heavy (non-hydrogen) atoms. The Balaban J connectivity index is 2.63. The van der Waals surface area contributed by atoms with Gasteiger partial charge >= 0.3 is 0 Å². The number of hydrogen-bond donors (Lipinski definition) is 1. The zero-order valence-electron chi connectivity index (χ0n) is 12.0. The minimum atomic E-state index is 0.427. The van der Waals surface area contributed by atoms with E-state index < -0.39 is 0 Å². The van der Waals surface area contributed by atoms with Gasteiger partial charge in [-0.25, -0.2) is 0 Å². The molecule has 0 bridgehead atoms. The quantitative estimate of drug-likeness (QED) is 0.789. The predicted octanol–water partition coefficient (Wildman–Crippen LogP) is 3.88. The van der Waals surface area contributed by atoms with Gasteiger partial charge in [-0.05, 0) is 51.4 Å². The summed E-state index contributed by atoms with van der Waals surface area (Å²) in [5, 5.41) is 3.49. The van der Waals surface area contributed by atoms with Crippen molar-refractivity contribution in [3.05, 3.63) is 35.4 Å². The maximum absolute atomic E-state index is 5.43. The lowest BCUT2D eigenvalue weighted by atomic mass is 10.1. The van der Waals surface area contributed by atoms with Crippen LogP contribution in [0.5, 0.6) is 5.75 Å². The Hall–Kier alpha value is -1.28. The van der Waals surface area contributed by atoms with E-state index in [9.17, 15) is 0 Å².